The van der Waals surface area contributed by atoms with Crippen LogP contribution in [0.2, 0.25) is 0 Å². The molecule has 0 saturated heterocycles. The Morgan fingerprint density at radius 3 is 2.75 bits per heavy atom. The van der Waals surface area contributed by atoms with E-state index in [1.807, 2.05) is 31.2 Å². The summed E-state index contributed by atoms with van der Waals surface area (Å²) in [6.07, 6.45) is 0.765. The van der Waals surface area contributed by atoms with Crippen LogP contribution in [0.4, 0.5) is 5.69 Å². The van der Waals surface area contributed by atoms with E-state index in [1.165, 1.54) is 11.8 Å². The quantitative estimate of drug-likeness (QED) is 0.453. The average Bonchev–Trinajstić information content (AvgIpc) is 3.28. The van der Waals surface area contributed by atoms with Gasteiger partial charge >= 0.3 is 0 Å². The molecule has 164 valence electrons. The molecule has 0 aliphatic carbocycles. The van der Waals surface area contributed by atoms with Crippen molar-refractivity contribution in [2.75, 3.05) is 30.0 Å². The summed E-state index contributed by atoms with van der Waals surface area (Å²) in [5.74, 6) is 2.08. The molecule has 1 N–H and O–H groups in total. The number of fused-ring (bicyclic) bond motifs is 2. The van der Waals surface area contributed by atoms with Crippen LogP contribution in [0.5, 0.6) is 11.5 Å². The van der Waals surface area contributed by atoms with Crippen molar-refractivity contribution in [3.8, 4) is 17.2 Å². The lowest BCUT2D eigenvalue weighted by atomic mass is 10.2. The first kappa shape index (κ1) is 21.0. The summed E-state index contributed by atoms with van der Waals surface area (Å²) in [6, 6.07) is 13.1. The minimum absolute atomic E-state index is 0.0731. The molecule has 2 aromatic carbocycles. The molecule has 2 aliphatic rings. The van der Waals surface area contributed by atoms with Crippen molar-refractivity contribution in [1.29, 1.82) is 0 Å². The molecule has 5 rings (SSSR count). The first-order chi connectivity index (χ1) is 15.6. The highest BCUT2D eigenvalue weighted by atomic mass is 32.2. The Labute approximate surface area is 193 Å². The summed E-state index contributed by atoms with van der Waals surface area (Å²) in [5, 5.41) is 3.41. The monoisotopic (exact) mass is 467 g/mol. The Kier molecular flexibility index (Phi) is 5.84. The number of nitrogens with zero attached hydrogens (tertiary/aromatic N) is 2. The summed E-state index contributed by atoms with van der Waals surface area (Å²) in [5.41, 5.74) is 3.24. The second-order valence-corrected chi connectivity index (χ2v) is 9.49. The first-order valence-electron chi connectivity index (χ1n) is 10.3. The molecule has 32 heavy (non-hydrogen) atoms. The fourth-order valence-corrected chi connectivity index (χ4v) is 5.41. The van der Waals surface area contributed by atoms with Gasteiger partial charge in [-0.2, -0.15) is 0 Å². The molecule has 9 heteroatoms. The number of aryl methyl sites for hydroxylation is 2. The van der Waals surface area contributed by atoms with Gasteiger partial charge in [0, 0.05) is 23.9 Å². The minimum Gasteiger partial charge on any atom is -0.486 e. The van der Waals surface area contributed by atoms with E-state index in [1.54, 1.807) is 34.5 Å². The maximum atomic E-state index is 13.2. The lowest BCUT2D eigenvalue weighted by Crippen LogP contribution is -2.24. The summed E-state index contributed by atoms with van der Waals surface area (Å²) in [4.78, 5) is 31.3. The van der Waals surface area contributed by atoms with E-state index in [0.717, 1.165) is 29.1 Å². The predicted molar refractivity (Wildman–Crippen MR) is 126 cm³/mol. The van der Waals surface area contributed by atoms with Gasteiger partial charge in [0.1, 0.15) is 13.2 Å². The lowest BCUT2D eigenvalue weighted by Gasteiger charge is -2.19. The van der Waals surface area contributed by atoms with Gasteiger partial charge in [0.2, 0.25) is 5.91 Å². The Balaban J connectivity index is 1.37. The maximum absolute atomic E-state index is 13.2. The SMILES string of the molecule is Cc1ccc(-n2c(SCC(=O)Nc3ccc4c(c3)OCCO4)nc3c(c2=O)SCC3)cc1. The normalized spacial score (nSPS) is 14.2. The zero-order valence-corrected chi connectivity index (χ0v) is 19.1. The summed E-state index contributed by atoms with van der Waals surface area (Å²) in [7, 11) is 0. The second kappa shape index (κ2) is 8.91. The van der Waals surface area contributed by atoms with Gasteiger partial charge in [-0.05, 0) is 31.2 Å². The van der Waals surface area contributed by atoms with E-state index in [-0.39, 0.29) is 17.2 Å². The van der Waals surface area contributed by atoms with E-state index in [0.29, 0.717) is 40.5 Å². The third-order valence-electron chi connectivity index (χ3n) is 5.12. The van der Waals surface area contributed by atoms with E-state index in [2.05, 4.69) is 5.32 Å². The molecule has 0 atom stereocenters. The molecule has 3 heterocycles. The fourth-order valence-electron chi connectivity index (χ4n) is 3.56. The van der Waals surface area contributed by atoms with Gasteiger partial charge in [-0.1, -0.05) is 29.5 Å². The summed E-state index contributed by atoms with van der Waals surface area (Å²) in [6.45, 7) is 3.00. The number of rotatable bonds is 5. The van der Waals surface area contributed by atoms with Crippen molar-refractivity contribution < 1.29 is 14.3 Å². The molecular weight excluding hydrogens is 446 g/mol. The van der Waals surface area contributed by atoms with Crippen LogP contribution in [0.25, 0.3) is 5.69 Å². The lowest BCUT2D eigenvalue weighted by molar-refractivity contribution is -0.113. The van der Waals surface area contributed by atoms with E-state index < -0.39 is 0 Å². The maximum Gasteiger partial charge on any atom is 0.272 e. The predicted octanol–water partition coefficient (Wildman–Crippen LogP) is 3.69. The summed E-state index contributed by atoms with van der Waals surface area (Å²) >= 11 is 2.80. The van der Waals surface area contributed by atoms with Gasteiger partial charge in [0.15, 0.2) is 16.7 Å². The van der Waals surface area contributed by atoms with Crippen LogP contribution in [0.15, 0.2) is 57.3 Å². The van der Waals surface area contributed by atoms with Gasteiger partial charge in [0.25, 0.3) is 5.56 Å². The van der Waals surface area contributed by atoms with Crippen molar-refractivity contribution >= 4 is 35.1 Å². The largest absolute Gasteiger partial charge is 0.486 e. The zero-order valence-electron chi connectivity index (χ0n) is 17.4. The molecule has 0 bridgehead atoms. The number of hydrogen-bond donors (Lipinski definition) is 1. The van der Waals surface area contributed by atoms with Crippen molar-refractivity contribution in [1.82, 2.24) is 9.55 Å². The minimum atomic E-state index is -0.189. The Morgan fingerprint density at radius 2 is 1.94 bits per heavy atom. The second-order valence-electron chi connectivity index (χ2n) is 7.44. The number of benzene rings is 2. The Morgan fingerprint density at radius 1 is 1.16 bits per heavy atom. The molecule has 1 aromatic heterocycles. The number of hydrogen-bond acceptors (Lipinski definition) is 7. The molecular formula is C23H21N3O4S2. The van der Waals surface area contributed by atoms with Gasteiger partial charge in [-0.15, -0.1) is 11.8 Å². The van der Waals surface area contributed by atoms with Gasteiger partial charge in [-0.3, -0.25) is 14.2 Å². The van der Waals surface area contributed by atoms with Crippen LogP contribution < -0.4 is 20.3 Å². The smallest absolute Gasteiger partial charge is 0.272 e. The summed E-state index contributed by atoms with van der Waals surface area (Å²) < 4.78 is 12.7. The van der Waals surface area contributed by atoms with Crippen molar-refractivity contribution in [3.05, 3.63) is 64.1 Å². The van der Waals surface area contributed by atoms with E-state index in [4.69, 9.17) is 14.5 Å². The number of ether oxygens (including phenoxy) is 2. The highest BCUT2D eigenvalue weighted by Gasteiger charge is 2.23. The molecule has 1 amide bonds. The zero-order chi connectivity index (χ0) is 22.1. The number of anilines is 1. The molecule has 0 fully saturated rings. The van der Waals surface area contributed by atoms with Crippen molar-refractivity contribution in [2.24, 2.45) is 0 Å². The third-order valence-corrected chi connectivity index (χ3v) is 7.16. The van der Waals surface area contributed by atoms with Crippen LogP contribution in [0.3, 0.4) is 0 Å². The fraction of sp³-hybridized carbons (Fsp3) is 0.261. The number of carbonyl (C=O) groups is 1. The van der Waals surface area contributed by atoms with Crippen LogP contribution in [0.1, 0.15) is 11.3 Å². The number of aromatic nitrogens is 2. The molecule has 0 saturated carbocycles. The van der Waals surface area contributed by atoms with Crippen LogP contribution in [-0.2, 0) is 11.2 Å². The van der Waals surface area contributed by atoms with Gasteiger partial charge in [0.05, 0.1) is 22.0 Å². The molecule has 0 unspecified atom stereocenters. The van der Waals surface area contributed by atoms with E-state index >= 15 is 0 Å². The number of amides is 1. The molecule has 0 spiro atoms. The van der Waals surface area contributed by atoms with Gasteiger partial charge < -0.3 is 14.8 Å². The highest BCUT2D eigenvalue weighted by Crippen LogP contribution is 2.33. The Hall–Kier alpha value is -2.91. The number of nitrogens with one attached hydrogen (secondary N) is 1. The highest BCUT2D eigenvalue weighted by molar-refractivity contribution is 8.00. The molecule has 0 radical (unpaired) electrons. The van der Waals surface area contributed by atoms with Gasteiger partial charge in [-0.25, -0.2) is 4.98 Å². The third kappa shape index (κ3) is 4.22. The molecule has 3 aromatic rings. The topological polar surface area (TPSA) is 82.5 Å². The first-order valence-corrected chi connectivity index (χ1v) is 12.2. The number of carbonyl (C=O) groups excluding carboxylic acids is 1. The van der Waals surface area contributed by atoms with Crippen molar-refractivity contribution in [3.63, 3.8) is 0 Å². The van der Waals surface area contributed by atoms with Crippen LogP contribution in [-0.4, -0.2) is 40.2 Å². The molecule has 2 aliphatic heterocycles. The van der Waals surface area contributed by atoms with E-state index in [9.17, 15) is 9.59 Å². The average molecular weight is 468 g/mol. The van der Waals surface area contributed by atoms with Crippen molar-refractivity contribution in [2.45, 2.75) is 23.4 Å². The van der Waals surface area contributed by atoms with Crippen LogP contribution in [0, 0.1) is 6.92 Å². The Bertz CT molecular complexity index is 1240. The standard InChI is InChI=1S/C23H21N3O4S2/c1-14-2-5-16(6-3-14)26-22(28)21-17(8-11-31-21)25-23(26)32-13-20(27)24-15-4-7-18-19(12-15)30-10-9-29-18/h2-7,12H,8-11,13H2,1H3,(H,24,27). The number of thioether (sulfide) groups is 2. The molecule has 7 nitrogen and oxygen atoms in total. The van der Waals surface area contributed by atoms with Crippen LogP contribution >= 0.6 is 23.5 Å².